The van der Waals surface area contributed by atoms with Gasteiger partial charge >= 0.3 is 0 Å². The van der Waals surface area contributed by atoms with Gasteiger partial charge in [0.2, 0.25) is 11.9 Å². The van der Waals surface area contributed by atoms with Crippen LogP contribution in [0.25, 0.3) is 0 Å². The van der Waals surface area contributed by atoms with E-state index in [9.17, 15) is 8.78 Å². The number of nitrogens with two attached hydrogens (primary N) is 4. The molecule has 2 fully saturated rings. The summed E-state index contributed by atoms with van der Waals surface area (Å²) in [6, 6.07) is 16.4. The molecule has 0 bridgehead atoms. The first-order valence-corrected chi connectivity index (χ1v) is 17.0. The number of aromatic nitrogens is 4. The van der Waals surface area contributed by atoms with Crippen molar-refractivity contribution in [1.82, 2.24) is 30.2 Å². The van der Waals surface area contributed by atoms with Gasteiger partial charge in [-0.05, 0) is 68.2 Å². The lowest BCUT2D eigenvalue weighted by molar-refractivity contribution is 0.321. The Morgan fingerprint density at radius 1 is 0.620 bits per heavy atom. The fourth-order valence-corrected chi connectivity index (χ4v) is 5.38. The van der Waals surface area contributed by atoms with Crippen LogP contribution in [0.1, 0.15) is 20.8 Å². The van der Waals surface area contributed by atoms with E-state index < -0.39 is 0 Å². The van der Waals surface area contributed by atoms with E-state index in [4.69, 9.17) is 34.5 Å². The molecule has 272 valence electrons. The summed E-state index contributed by atoms with van der Waals surface area (Å²) < 4.78 is 25.6. The maximum absolute atomic E-state index is 12.9. The molecule has 0 atom stereocenters. The predicted molar refractivity (Wildman–Crippen MR) is 202 cm³/mol. The highest BCUT2D eigenvalue weighted by atomic mass is 35.5. The zero-order chi connectivity index (χ0) is 36.5. The molecule has 0 radical (unpaired) electrons. The number of hydrogen-bond donors (Lipinski definition) is 5. The summed E-state index contributed by atoms with van der Waals surface area (Å²) in [7, 11) is 0. The van der Waals surface area contributed by atoms with Gasteiger partial charge in [0.1, 0.15) is 34.2 Å². The number of nitrogen functional groups attached to an aromatic ring is 4. The number of anilines is 7. The van der Waals surface area contributed by atoms with Gasteiger partial charge in [0, 0.05) is 75.9 Å². The molecular formula is C34H50ClF2N13. The van der Waals surface area contributed by atoms with Crippen molar-refractivity contribution >= 4 is 52.3 Å². The Morgan fingerprint density at radius 3 is 1.44 bits per heavy atom. The Hall–Kier alpha value is -4.73. The second-order valence-corrected chi connectivity index (χ2v) is 11.7. The first-order chi connectivity index (χ1) is 24.0. The Morgan fingerprint density at radius 2 is 1.04 bits per heavy atom. The fraction of sp³-hybridized carbons (Fsp3) is 0.412. The average molecular weight is 714 g/mol. The van der Waals surface area contributed by atoms with E-state index >= 15 is 0 Å². The van der Waals surface area contributed by atoms with Crippen LogP contribution < -0.4 is 43.0 Å². The van der Waals surface area contributed by atoms with Gasteiger partial charge in [0.25, 0.3) is 0 Å². The molecule has 50 heavy (non-hydrogen) atoms. The number of nitrogens with one attached hydrogen (secondary N) is 1. The Kier molecular flexibility index (Phi) is 16.4. The lowest BCUT2D eigenvalue weighted by Crippen LogP contribution is -2.46. The number of benzene rings is 2. The molecule has 2 aromatic carbocycles. The summed E-state index contributed by atoms with van der Waals surface area (Å²) in [5, 5.41) is 3.54. The van der Waals surface area contributed by atoms with E-state index in [0.29, 0.717) is 5.82 Å². The van der Waals surface area contributed by atoms with Gasteiger partial charge in [-0.1, -0.05) is 32.4 Å². The smallest absolute Gasteiger partial charge is 0.223 e. The Labute approximate surface area is 298 Å². The van der Waals surface area contributed by atoms with Crippen LogP contribution >= 0.6 is 11.6 Å². The van der Waals surface area contributed by atoms with E-state index in [0.717, 1.165) is 69.6 Å². The molecular weight excluding hydrogens is 664 g/mol. The highest BCUT2D eigenvalue weighted by Gasteiger charge is 2.19. The lowest BCUT2D eigenvalue weighted by atomic mass is 10.2. The summed E-state index contributed by atoms with van der Waals surface area (Å²) in [6.07, 6.45) is 0. The van der Waals surface area contributed by atoms with Crippen molar-refractivity contribution < 1.29 is 8.78 Å². The highest BCUT2D eigenvalue weighted by Crippen LogP contribution is 2.21. The van der Waals surface area contributed by atoms with Gasteiger partial charge in [-0.3, -0.25) is 0 Å². The van der Waals surface area contributed by atoms with Gasteiger partial charge in [0.05, 0.1) is 0 Å². The lowest BCUT2D eigenvalue weighted by Gasteiger charge is -2.36. The van der Waals surface area contributed by atoms with Crippen molar-refractivity contribution in [2.45, 2.75) is 20.8 Å². The van der Waals surface area contributed by atoms with Crippen LogP contribution in [0.5, 0.6) is 0 Å². The second kappa shape index (κ2) is 20.7. The molecule has 2 aliphatic rings. The maximum atomic E-state index is 12.9. The van der Waals surface area contributed by atoms with E-state index in [1.165, 1.54) is 50.0 Å². The molecule has 4 aromatic rings. The van der Waals surface area contributed by atoms with Crippen LogP contribution in [0.15, 0.2) is 60.7 Å². The van der Waals surface area contributed by atoms with Crippen LogP contribution in [-0.4, -0.2) is 96.8 Å². The number of rotatable bonds is 6. The van der Waals surface area contributed by atoms with E-state index in [2.05, 4.69) is 65.6 Å². The number of halogens is 3. The van der Waals surface area contributed by atoms with E-state index in [-0.39, 0.29) is 34.5 Å². The zero-order valence-corrected chi connectivity index (χ0v) is 29.8. The van der Waals surface area contributed by atoms with Gasteiger partial charge in [-0.25, -0.2) is 13.8 Å². The molecule has 13 nitrogen and oxygen atoms in total. The Balaban J connectivity index is 0.000000199. The quantitative estimate of drug-likeness (QED) is 0.181. The van der Waals surface area contributed by atoms with Gasteiger partial charge in [0.15, 0.2) is 0 Å². The van der Waals surface area contributed by atoms with E-state index in [1.807, 2.05) is 12.1 Å². The minimum Gasteiger partial charge on any atom is -0.383 e. The minimum atomic E-state index is -0.218. The summed E-state index contributed by atoms with van der Waals surface area (Å²) in [6.45, 7) is 17.4. The number of nitrogens with zero attached hydrogens (tertiary/aromatic N) is 8. The van der Waals surface area contributed by atoms with Crippen molar-refractivity contribution in [3.8, 4) is 0 Å². The first kappa shape index (κ1) is 39.7. The zero-order valence-electron chi connectivity index (χ0n) is 29.1. The molecule has 0 unspecified atom stereocenters. The molecule has 0 spiro atoms. The largest absolute Gasteiger partial charge is 0.383 e. The van der Waals surface area contributed by atoms with Crippen LogP contribution in [0, 0.1) is 11.6 Å². The molecule has 0 amide bonds. The number of piperazine rings is 2. The monoisotopic (exact) mass is 713 g/mol. The van der Waals surface area contributed by atoms with Crippen LogP contribution in [0.2, 0.25) is 5.15 Å². The van der Waals surface area contributed by atoms with Gasteiger partial charge in [-0.15, -0.1) is 0 Å². The molecule has 16 heteroatoms. The SMILES string of the molecule is CCN(CC)CC.Fc1ccc(N2CCNCC2)cc1.Nc1cc(Cl)nc(N)n1.Nc1cc(N2CCN(c3ccc(F)cc3)CC2)nc(N)n1. The normalized spacial score (nSPS) is 14.1. The molecule has 0 aliphatic carbocycles. The van der Waals surface area contributed by atoms with Crippen LogP contribution in [0.3, 0.4) is 0 Å². The first-order valence-electron chi connectivity index (χ1n) is 16.7. The summed E-state index contributed by atoms with van der Waals surface area (Å²) in [4.78, 5) is 24.2. The predicted octanol–water partition coefficient (Wildman–Crippen LogP) is 3.98. The molecule has 6 rings (SSSR count). The average Bonchev–Trinajstić information content (AvgIpc) is 3.10. The minimum absolute atomic E-state index is 0.0972. The molecule has 4 heterocycles. The van der Waals surface area contributed by atoms with Gasteiger partial charge < -0.3 is 47.9 Å². The molecule has 9 N–H and O–H groups in total. The van der Waals surface area contributed by atoms with Crippen LogP contribution in [-0.2, 0) is 0 Å². The Bertz CT molecular complexity index is 1470. The highest BCUT2D eigenvalue weighted by molar-refractivity contribution is 6.29. The van der Waals surface area contributed by atoms with Crippen molar-refractivity contribution in [3.63, 3.8) is 0 Å². The molecule has 2 saturated heterocycles. The maximum Gasteiger partial charge on any atom is 0.223 e. The third-order valence-electron chi connectivity index (χ3n) is 7.93. The topological polar surface area (TPSA) is 181 Å². The van der Waals surface area contributed by atoms with Crippen molar-refractivity contribution in [2.75, 3.05) is 110 Å². The molecule has 2 aromatic heterocycles. The van der Waals surface area contributed by atoms with Gasteiger partial charge in [-0.2, -0.15) is 15.0 Å². The second-order valence-electron chi connectivity index (χ2n) is 11.3. The summed E-state index contributed by atoms with van der Waals surface area (Å²) in [5.41, 5.74) is 23.9. The summed E-state index contributed by atoms with van der Waals surface area (Å²) in [5.74, 6) is 1.30. The van der Waals surface area contributed by atoms with Crippen molar-refractivity contribution in [2.24, 2.45) is 0 Å². The third kappa shape index (κ3) is 13.6. The number of hydrogen-bond acceptors (Lipinski definition) is 13. The standard InChI is InChI=1S/C14H17FN6.C10H13FN2.C6H15N.C4H5ClN4/c15-10-1-3-11(4-2-10)20-5-7-21(8-6-20)13-9-12(16)18-14(17)19-13;11-9-1-3-10(4-2-9)13-7-5-12-6-8-13;1-4-7(5-2)6-3;5-2-1-3(6)9-4(7)8-2/h1-4,9H,5-8H2,(H4,16,17,18,19);1-4,12H,5-8H2;4-6H2,1-3H3;1H,(H4,6,7,8,9). The fourth-order valence-electron chi connectivity index (χ4n) is 5.18. The van der Waals surface area contributed by atoms with Crippen molar-refractivity contribution in [3.05, 3.63) is 77.5 Å². The third-order valence-corrected chi connectivity index (χ3v) is 8.12. The van der Waals surface area contributed by atoms with Crippen molar-refractivity contribution in [1.29, 1.82) is 0 Å². The van der Waals surface area contributed by atoms with E-state index in [1.54, 1.807) is 18.2 Å². The summed E-state index contributed by atoms with van der Waals surface area (Å²) >= 11 is 5.44. The molecule has 0 saturated carbocycles. The molecule has 2 aliphatic heterocycles. The van der Waals surface area contributed by atoms with Crippen LogP contribution in [0.4, 0.5) is 49.5 Å².